The van der Waals surface area contributed by atoms with Gasteiger partial charge < -0.3 is 9.13 Å². The lowest BCUT2D eigenvalue weighted by Gasteiger charge is -2.19. The molecule has 0 saturated carbocycles. The first-order chi connectivity index (χ1) is 26.4. The van der Waals surface area contributed by atoms with Gasteiger partial charge in [0.25, 0.3) is 0 Å². The van der Waals surface area contributed by atoms with Gasteiger partial charge in [-0.05, 0) is 105 Å². The fourth-order valence-corrected chi connectivity index (χ4v) is 12.8. The van der Waals surface area contributed by atoms with Crippen molar-refractivity contribution in [3.63, 3.8) is 0 Å². The largest absolute Gasteiger partial charge is 0.337 e. The van der Waals surface area contributed by atoms with Crippen molar-refractivity contribution in [3.8, 4) is 18.2 Å². The van der Waals surface area contributed by atoms with Crippen molar-refractivity contribution in [2.24, 2.45) is 11.8 Å². The van der Waals surface area contributed by atoms with Crippen molar-refractivity contribution in [3.05, 3.63) is 56.3 Å². The zero-order chi connectivity index (χ0) is 37.9. The van der Waals surface area contributed by atoms with Gasteiger partial charge in [-0.3, -0.25) is 0 Å². The summed E-state index contributed by atoms with van der Waals surface area (Å²) in [5.41, 5.74) is 11.4. The second kappa shape index (κ2) is 16.9. The van der Waals surface area contributed by atoms with Gasteiger partial charge in [0.15, 0.2) is 0 Å². The van der Waals surface area contributed by atoms with Crippen molar-refractivity contribution in [2.75, 3.05) is 0 Å². The minimum absolute atomic E-state index is 0.253. The fourth-order valence-electron chi connectivity index (χ4n) is 8.77. The third-order valence-electron chi connectivity index (χ3n) is 12.1. The summed E-state index contributed by atoms with van der Waals surface area (Å²) in [4.78, 5) is 2.64. The van der Waals surface area contributed by atoms with Gasteiger partial charge in [-0.15, -0.1) is 34.0 Å². The van der Waals surface area contributed by atoms with Gasteiger partial charge in [0, 0.05) is 28.4 Å². The highest BCUT2D eigenvalue weighted by molar-refractivity contribution is 7.34. The SMILES string of the molecule is CCCCC(CC)Cn1c2cc(C3=CC(=C(C#N)C#N)CCC3)sc2c2sc3c4sc(C5=C/C(=C(/C)C#N)CCC5)cc4n(CC(CC)CCCC)c3c21. The molecular weight excluding hydrogens is 719 g/mol. The normalized spacial score (nSPS) is 17.1. The second-order valence-electron chi connectivity index (χ2n) is 15.6. The van der Waals surface area contributed by atoms with E-state index in [1.807, 2.05) is 40.9 Å². The van der Waals surface area contributed by atoms with E-state index in [1.54, 1.807) is 0 Å². The molecular formula is C46H53N5S3. The number of fused-ring (bicyclic) bond motifs is 7. The monoisotopic (exact) mass is 771 g/mol. The van der Waals surface area contributed by atoms with E-state index in [4.69, 9.17) is 0 Å². The third-order valence-corrected chi connectivity index (χ3v) is 16.0. The molecule has 5 aromatic rings. The zero-order valence-electron chi connectivity index (χ0n) is 32.7. The summed E-state index contributed by atoms with van der Waals surface area (Å²) in [7, 11) is 0. The van der Waals surface area contributed by atoms with Crippen LogP contribution >= 0.6 is 34.0 Å². The van der Waals surface area contributed by atoms with E-state index in [0.29, 0.717) is 11.8 Å². The zero-order valence-corrected chi connectivity index (χ0v) is 35.2. The molecule has 280 valence electrons. The molecule has 0 fully saturated rings. The minimum Gasteiger partial charge on any atom is -0.337 e. The number of hydrogen-bond donors (Lipinski definition) is 0. The van der Waals surface area contributed by atoms with Crippen LogP contribution in [0.3, 0.4) is 0 Å². The topological polar surface area (TPSA) is 81.2 Å². The molecule has 0 bridgehead atoms. The number of aromatic nitrogens is 2. The highest BCUT2D eigenvalue weighted by atomic mass is 32.1. The maximum Gasteiger partial charge on any atom is 0.132 e. The molecule has 0 spiro atoms. The first kappa shape index (κ1) is 38.4. The van der Waals surface area contributed by atoms with E-state index >= 15 is 0 Å². The fraction of sp³-hybridized carbons (Fsp3) is 0.500. The molecule has 5 aromatic heterocycles. The Balaban J connectivity index is 1.47. The van der Waals surface area contributed by atoms with Gasteiger partial charge in [-0.25, -0.2) is 0 Å². The first-order valence-electron chi connectivity index (χ1n) is 20.4. The summed E-state index contributed by atoms with van der Waals surface area (Å²) in [5.74, 6) is 1.24. The van der Waals surface area contributed by atoms with Crippen LogP contribution in [0.15, 0.2) is 46.6 Å². The summed E-state index contributed by atoms with van der Waals surface area (Å²) < 4.78 is 11.1. The number of unbranched alkanes of at least 4 members (excludes halogenated alkanes) is 2. The van der Waals surface area contributed by atoms with Crippen LogP contribution in [0.5, 0.6) is 0 Å². The molecule has 0 aliphatic heterocycles. The molecule has 5 heterocycles. The van der Waals surface area contributed by atoms with Crippen LogP contribution < -0.4 is 0 Å². The number of allylic oxidation sites excluding steroid dienone is 8. The maximum atomic E-state index is 9.67. The van der Waals surface area contributed by atoms with Crippen molar-refractivity contribution >= 4 is 86.0 Å². The van der Waals surface area contributed by atoms with Crippen LogP contribution in [0, 0.1) is 45.8 Å². The Morgan fingerprint density at radius 1 is 0.648 bits per heavy atom. The molecule has 2 unspecified atom stereocenters. The van der Waals surface area contributed by atoms with Gasteiger partial charge in [-0.1, -0.05) is 78.4 Å². The number of thiophene rings is 3. The van der Waals surface area contributed by atoms with Crippen LogP contribution in [0.1, 0.15) is 134 Å². The summed E-state index contributed by atoms with van der Waals surface area (Å²) in [6.07, 6.45) is 20.1. The predicted octanol–water partition coefficient (Wildman–Crippen LogP) is 14.8. The standard InChI is InChI=1S/C46H53N5S3/c1-6-10-14-30(8-3)27-50-37-22-39(34-18-12-16-32(20-34)29(5)24-47)52-43(37)45-41(50)42-46(54-45)44-38(51(42)28-31(9-4)15-11-7-2)23-40(53-44)35-19-13-17-33(21-35)36(25-48)26-49/h20-23,30-31H,6-19,27-28H2,1-5H3/b32-29-. The quantitative estimate of drug-likeness (QED) is 0.105. The van der Waals surface area contributed by atoms with E-state index in [9.17, 15) is 15.8 Å². The van der Waals surface area contributed by atoms with Gasteiger partial charge >= 0.3 is 0 Å². The molecule has 0 aromatic carbocycles. The Hall–Kier alpha value is -3.87. The summed E-state index contributed by atoms with van der Waals surface area (Å²) in [5, 5.41) is 29.0. The average Bonchev–Trinajstić information content (AvgIpc) is 4.01. The van der Waals surface area contributed by atoms with E-state index in [2.05, 4.69) is 79.3 Å². The Morgan fingerprint density at radius 2 is 1.13 bits per heavy atom. The number of hydrogen-bond acceptors (Lipinski definition) is 6. The lowest BCUT2D eigenvalue weighted by Crippen LogP contribution is -2.12. The lowest BCUT2D eigenvalue weighted by molar-refractivity contribution is 0.398. The van der Waals surface area contributed by atoms with E-state index in [-0.39, 0.29) is 5.57 Å². The molecule has 0 amide bonds. The predicted molar refractivity (Wildman–Crippen MR) is 233 cm³/mol. The number of nitriles is 3. The van der Waals surface area contributed by atoms with Crippen molar-refractivity contribution < 1.29 is 0 Å². The van der Waals surface area contributed by atoms with Crippen molar-refractivity contribution in [1.29, 1.82) is 15.8 Å². The molecule has 54 heavy (non-hydrogen) atoms. The Kier molecular flexibility index (Phi) is 12.0. The van der Waals surface area contributed by atoms with E-state index in [1.165, 1.54) is 119 Å². The molecule has 0 N–H and O–H groups in total. The number of nitrogens with zero attached hydrogens (tertiary/aromatic N) is 5. The summed E-state index contributed by atoms with van der Waals surface area (Å²) in [6.45, 7) is 13.4. The Bertz CT molecular complexity index is 2440. The van der Waals surface area contributed by atoms with Gasteiger partial charge in [0.2, 0.25) is 0 Å². The smallest absolute Gasteiger partial charge is 0.132 e. The van der Waals surface area contributed by atoms with E-state index in [0.717, 1.165) is 62.8 Å². The van der Waals surface area contributed by atoms with Gasteiger partial charge in [-0.2, -0.15) is 15.8 Å². The average molecular weight is 772 g/mol. The highest BCUT2D eigenvalue weighted by Gasteiger charge is 2.29. The molecule has 2 atom stereocenters. The van der Waals surface area contributed by atoms with Crippen LogP contribution in [0.25, 0.3) is 52.0 Å². The molecule has 7 rings (SSSR count). The first-order valence-corrected chi connectivity index (χ1v) is 22.9. The molecule has 8 heteroatoms. The van der Waals surface area contributed by atoms with Crippen molar-refractivity contribution in [2.45, 2.75) is 138 Å². The highest BCUT2D eigenvalue weighted by Crippen LogP contribution is 2.52. The van der Waals surface area contributed by atoms with Gasteiger partial charge in [0.1, 0.15) is 17.7 Å². The second-order valence-corrected chi connectivity index (χ2v) is 18.7. The van der Waals surface area contributed by atoms with Gasteiger partial charge in [0.05, 0.1) is 46.9 Å². The van der Waals surface area contributed by atoms with Crippen LogP contribution in [0.2, 0.25) is 0 Å². The molecule has 5 nitrogen and oxygen atoms in total. The molecule has 0 radical (unpaired) electrons. The Labute approximate surface area is 333 Å². The lowest BCUT2D eigenvalue weighted by atomic mass is 9.92. The van der Waals surface area contributed by atoms with Crippen LogP contribution in [-0.2, 0) is 13.1 Å². The molecule has 0 saturated heterocycles. The maximum absolute atomic E-state index is 9.67. The number of rotatable bonds is 14. The summed E-state index contributed by atoms with van der Waals surface area (Å²) >= 11 is 5.88. The minimum atomic E-state index is 0.253. The molecule has 2 aliphatic carbocycles. The Morgan fingerprint density at radius 3 is 1.57 bits per heavy atom. The third kappa shape index (κ3) is 7.17. The van der Waals surface area contributed by atoms with E-state index < -0.39 is 0 Å². The van der Waals surface area contributed by atoms with Crippen molar-refractivity contribution in [1.82, 2.24) is 9.13 Å². The van der Waals surface area contributed by atoms with Crippen LogP contribution in [-0.4, -0.2) is 9.13 Å². The summed E-state index contributed by atoms with van der Waals surface area (Å²) in [6, 6.07) is 11.6. The molecule has 2 aliphatic rings. The van der Waals surface area contributed by atoms with Crippen LogP contribution in [0.4, 0.5) is 0 Å².